The molecule has 0 fully saturated rings. The van der Waals surface area contributed by atoms with Crippen molar-refractivity contribution in [3.8, 4) is 5.75 Å². The monoisotopic (exact) mass is 166 g/mol. The Kier molecular flexibility index (Phi) is 1.78. The number of fused-ring (bicyclic) bond motifs is 1. The summed E-state index contributed by atoms with van der Waals surface area (Å²) < 4.78 is 5.52. The van der Waals surface area contributed by atoms with E-state index in [4.69, 9.17) is 4.74 Å². The first-order valence-electron chi connectivity index (χ1n) is 3.67. The maximum absolute atomic E-state index is 5.52. The fraction of sp³-hybridized carbons (Fsp3) is 0.333. The van der Waals surface area contributed by atoms with Crippen LogP contribution in [-0.4, -0.2) is 5.94 Å². The third-order valence-corrected chi connectivity index (χ3v) is 2.64. The van der Waals surface area contributed by atoms with Gasteiger partial charge in [-0.15, -0.1) is 11.8 Å². The van der Waals surface area contributed by atoms with E-state index in [2.05, 4.69) is 25.1 Å². The van der Waals surface area contributed by atoms with Crippen LogP contribution in [0.25, 0.3) is 0 Å². The molecule has 0 saturated heterocycles. The Labute approximate surface area is 70.8 Å². The number of rotatable bonds is 0. The van der Waals surface area contributed by atoms with Gasteiger partial charge in [0.1, 0.15) is 11.7 Å². The van der Waals surface area contributed by atoms with Crippen molar-refractivity contribution in [1.82, 2.24) is 0 Å². The van der Waals surface area contributed by atoms with Gasteiger partial charge in [0, 0.05) is 11.3 Å². The van der Waals surface area contributed by atoms with E-state index in [1.807, 2.05) is 11.8 Å². The molecule has 1 heterocycles. The average Bonchev–Trinajstić information content (AvgIpc) is 2.06. The lowest BCUT2D eigenvalue weighted by Crippen LogP contribution is -2.04. The number of hydrogen-bond acceptors (Lipinski definition) is 2. The van der Waals surface area contributed by atoms with Crippen LogP contribution in [0, 0.1) is 6.92 Å². The van der Waals surface area contributed by atoms with E-state index >= 15 is 0 Å². The Balaban J connectivity index is 2.49. The second-order valence-corrected chi connectivity index (χ2v) is 3.61. The second-order valence-electron chi connectivity index (χ2n) is 2.67. The van der Waals surface area contributed by atoms with Crippen LogP contribution in [0.4, 0.5) is 0 Å². The summed E-state index contributed by atoms with van der Waals surface area (Å²) in [5.41, 5.74) is 2.59. The van der Waals surface area contributed by atoms with E-state index in [0.717, 1.165) is 17.4 Å². The third-order valence-electron chi connectivity index (χ3n) is 1.84. The molecule has 0 aliphatic carbocycles. The molecule has 0 N–H and O–H groups in total. The molecule has 1 nitrogen and oxygen atoms in total. The van der Waals surface area contributed by atoms with Crippen LogP contribution in [0.15, 0.2) is 18.2 Å². The molecule has 0 radical (unpaired) electrons. The molecule has 11 heavy (non-hydrogen) atoms. The smallest absolute Gasteiger partial charge is 0.134 e. The minimum absolute atomic E-state index is 0.803. The van der Waals surface area contributed by atoms with Crippen molar-refractivity contribution in [3.63, 3.8) is 0 Å². The summed E-state index contributed by atoms with van der Waals surface area (Å²) >= 11 is 1.82. The normalized spacial score (nSPS) is 15.4. The van der Waals surface area contributed by atoms with Gasteiger partial charge < -0.3 is 4.74 Å². The van der Waals surface area contributed by atoms with E-state index in [1.165, 1.54) is 11.1 Å². The van der Waals surface area contributed by atoms with Crippen LogP contribution in [0.5, 0.6) is 5.75 Å². The Bertz CT molecular complexity index is 270. The van der Waals surface area contributed by atoms with E-state index in [9.17, 15) is 0 Å². The number of para-hydroxylation sites is 1. The van der Waals surface area contributed by atoms with Crippen LogP contribution in [0.3, 0.4) is 0 Å². The van der Waals surface area contributed by atoms with Crippen molar-refractivity contribution in [2.75, 3.05) is 5.94 Å². The predicted octanol–water partition coefficient (Wildman–Crippen LogP) is 2.58. The van der Waals surface area contributed by atoms with Crippen LogP contribution >= 0.6 is 11.8 Å². The number of benzene rings is 1. The molecule has 0 unspecified atom stereocenters. The zero-order valence-electron chi connectivity index (χ0n) is 6.46. The zero-order valence-corrected chi connectivity index (χ0v) is 7.28. The zero-order chi connectivity index (χ0) is 7.68. The molecule has 0 spiro atoms. The van der Waals surface area contributed by atoms with Crippen LogP contribution in [0.1, 0.15) is 11.1 Å². The predicted molar refractivity (Wildman–Crippen MR) is 48.0 cm³/mol. The van der Waals surface area contributed by atoms with Gasteiger partial charge in [0.25, 0.3) is 0 Å². The largest absolute Gasteiger partial charge is 0.482 e. The maximum atomic E-state index is 5.52. The molecule has 0 saturated carbocycles. The number of hydrogen-bond donors (Lipinski definition) is 0. The highest BCUT2D eigenvalue weighted by atomic mass is 32.2. The molecule has 0 bridgehead atoms. The Morgan fingerprint density at radius 1 is 1.45 bits per heavy atom. The molecule has 0 aromatic heterocycles. The van der Waals surface area contributed by atoms with E-state index < -0.39 is 0 Å². The Morgan fingerprint density at radius 3 is 3.18 bits per heavy atom. The quantitative estimate of drug-likeness (QED) is 0.586. The minimum Gasteiger partial charge on any atom is -0.482 e. The van der Waals surface area contributed by atoms with Gasteiger partial charge in [-0.05, 0) is 12.5 Å². The molecule has 1 aliphatic rings. The van der Waals surface area contributed by atoms with Crippen LogP contribution < -0.4 is 4.74 Å². The van der Waals surface area contributed by atoms with E-state index in [1.54, 1.807) is 0 Å². The minimum atomic E-state index is 0.803. The highest BCUT2D eigenvalue weighted by Crippen LogP contribution is 2.31. The lowest BCUT2D eigenvalue weighted by atomic mass is 10.1. The summed E-state index contributed by atoms with van der Waals surface area (Å²) in [6.45, 7) is 2.09. The standard InChI is InChI=1S/C9H10OS/c1-7-3-2-4-8-5-11-6-10-9(7)8/h2-4H,5-6H2,1H3. The van der Waals surface area contributed by atoms with Gasteiger partial charge in [0.2, 0.25) is 0 Å². The van der Waals surface area contributed by atoms with Gasteiger partial charge in [-0.1, -0.05) is 18.2 Å². The first-order chi connectivity index (χ1) is 5.38. The van der Waals surface area contributed by atoms with Gasteiger partial charge in [0.05, 0.1) is 0 Å². The van der Waals surface area contributed by atoms with Crippen molar-refractivity contribution in [1.29, 1.82) is 0 Å². The second kappa shape index (κ2) is 2.78. The van der Waals surface area contributed by atoms with E-state index in [0.29, 0.717) is 0 Å². The Hall–Kier alpha value is -0.630. The SMILES string of the molecule is Cc1cccc2c1OCSC2. The van der Waals surface area contributed by atoms with Crippen molar-refractivity contribution in [2.24, 2.45) is 0 Å². The Morgan fingerprint density at radius 2 is 2.36 bits per heavy atom. The van der Waals surface area contributed by atoms with E-state index in [-0.39, 0.29) is 0 Å². The molecule has 2 rings (SSSR count). The highest BCUT2D eigenvalue weighted by molar-refractivity contribution is 7.98. The summed E-state index contributed by atoms with van der Waals surface area (Å²) in [5.74, 6) is 3.00. The molecule has 0 amide bonds. The van der Waals surface area contributed by atoms with Crippen molar-refractivity contribution < 1.29 is 4.74 Å². The summed E-state index contributed by atoms with van der Waals surface area (Å²) in [6, 6.07) is 6.31. The molecule has 0 atom stereocenters. The van der Waals surface area contributed by atoms with Crippen molar-refractivity contribution >= 4 is 11.8 Å². The summed E-state index contributed by atoms with van der Waals surface area (Å²) in [6.07, 6.45) is 0. The van der Waals surface area contributed by atoms with Crippen LogP contribution in [0.2, 0.25) is 0 Å². The molecule has 1 aliphatic heterocycles. The van der Waals surface area contributed by atoms with Crippen molar-refractivity contribution in [2.45, 2.75) is 12.7 Å². The highest BCUT2D eigenvalue weighted by Gasteiger charge is 2.10. The molecular formula is C9H10OS. The van der Waals surface area contributed by atoms with Gasteiger partial charge in [-0.2, -0.15) is 0 Å². The summed E-state index contributed by atoms with van der Waals surface area (Å²) in [7, 11) is 0. The molecular weight excluding hydrogens is 156 g/mol. The maximum Gasteiger partial charge on any atom is 0.134 e. The average molecular weight is 166 g/mol. The number of thioether (sulfide) groups is 1. The summed E-state index contributed by atoms with van der Waals surface area (Å²) in [5, 5.41) is 0. The topological polar surface area (TPSA) is 9.23 Å². The molecule has 1 aromatic rings. The van der Waals surface area contributed by atoms with Crippen molar-refractivity contribution in [3.05, 3.63) is 29.3 Å². The van der Waals surface area contributed by atoms with Gasteiger partial charge in [-0.25, -0.2) is 0 Å². The third kappa shape index (κ3) is 1.23. The van der Waals surface area contributed by atoms with Gasteiger partial charge in [-0.3, -0.25) is 0 Å². The lowest BCUT2D eigenvalue weighted by molar-refractivity contribution is 0.381. The molecule has 1 aromatic carbocycles. The number of ether oxygens (including phenoxy) is 1. The van der Waals surface area contributed by atoms with Gasteiger partial charge in [0.15, 0.2) is 0 Å². The fourth-order valence-electron chi connectivity index (χ4n) is 1.29. The summed E-state index contributed by atoms with van der Waals surface area (Å²) in [4.78, 5) is 0. The lowest BCUT2D eigenvalue weighted by Gasteiger charge is -2.18. The van der Waals surface area contributed by atoms with Gasteiger partial charge >= 0.3 is 0 Å². The number of aryl methyl sites for hydroxylation is 1. The van der Waals surface area contributed by atoms with Crippen LogP contribution in [-0.2, 0) is 5.75 Å². The molecule has 2 heteroatoms. The molecule has 58 valence electrons. The first kappa shape index (κ1) is 7.04. The fourth-order valence-corrected chi connectivity index (χ4v) is 2.02. The first-order valence-corrected chi connectivity index (χ1v) is 4.82.